The minimum atomic E-state index is -0.886. The van der Waals surface area contributed by atoms with Crippen LogP contribution in [-0.4, -0.2) is 11.9 Å². The molecule has 3 rings (SSSR count). The van der Waals surface area contributed by atoms with Gasteiger partial charge in [0.1, 0.15) is 5.75 Å². The van der Waals surface area contributed by atoms with Crippen LogP contribution in [0.1, 0.15) is 15.9 Å². The molecule has 0 aliphatic heterocycles. The Kier molecular flexibility index (Phi) is 2.84. The van der Waals surface area contributed by atoms with Gasteiger partial charge in [0.15, 0.2) is 5.78 Å². The second-order valence-electron chi connectivity index (χ2n) is 4.22. The summed E-state index contributed by atoms with van der Waals surface area (Å²) in [5, 5.41) is 0. The third-order valence-corrected chi connectivity index (χ3v) is 3.08. The lowest BCUT2D eigenvalue weighted by atomic mass is 10.1. The molecule has 0 N–H and O–H groups in total. The van der Waals surface area contributed by atoms with E-state index in [0.717, 1.165) is 17.4 Å². The molecule has 98 valence electrons. The summed E-state index contributed by atoms with van der Waals surface area (Å²) in [6.45, 7) is 3.26. The first-order valence-corrected chi connectivity index (χ1v) is 5.98. The van der Waals surface area contributed by atoms with Crippen LogP contribution in [-0.2, 0) is 4.74 Å². The molecule has 0 fully saturated rings. The lowest BCUT2D eigenvalue weighted by Gasteiger charge is -2.04. The normalized spacial score (nSPS) is 11.5. The van der Waals surface area contributed by atoms with Crippen molar-refractivity contribution in [2.45, 2.75) is 0 Å². The highest BCUT2D eigenvalue weighted by Crippen LogP contribution is 2.38. The van der Waals surface area contributed by atoms with Crippen molar-refractivity contribution in [3.63, 3.8) is 0 Å². The highest BCUT2D eigenvalue weighted by atomic mass is 16.7. The minimum Gasteiger partial charge on any atom is -0.403 e. The highest BCUT2D eigenvalue weighted by Gasteiger charge is 2.26. The minimum absolute atomic E-state index is 0.0712. The van der Waals surface area contributed by atoms with E-state index in [0.29, 0.717) is 11.1 Å². The molecule has 1 aliphatic carbocycles. The average Bonchev–Trinajstić information content (AvgIpc) is 2.73. The van der Waals surface area contributed by atoms with Crippen LogP contribution < -0.4 is 4.74 Å². The zero-order valence-electron chi connectivity index (χ0n) is 10.5. The Hall–Kier alpha value is -2.88. The molecule has 0 radical (unpaired) electrons. The van der Waals surface area contributed by atoms with Crippen molar-refractivity contribution >= 4 is 11.9 Å². The largest absolute Gasteiger partial charge is 0.518 e. The topological polar surface area (TPSA) is 52.6 Å². The molecule has 0 unspecified atom stereocenters. The van der Waals surface area contributed by atoms with Crippen LogP contribution in [0.3, 0.4) is 0 Å². The predicted molar refractivity (Wildman–Crippen MR) is 72.6 cm³/mol. The number of hydrogen-bond acceptors (Lipinski definition) is 4. The molecule has 1 aliphatic rings. The molecule has 0 saturated heterocycles. The fourth-order valence-corrected chi connectivity index (χ4v) is 2.26. The highest BCUT2D eigenvalue weighted by molar-refractivity contribution is 6.21. The van der Waals surface area contributed by atoms with Crippen molar-refractivity contribution in [2.24, 2.45) is 0 Å². The lowest BCUT2D eigenvalue weighted by molar-refractivity contribution is 0.104. The van der Waals surface area contributed by atoms with Crippen molar-refractivity contribution in [1.82, 2.24) is 0 Å². The molecule has 0 bridgehead atoms. The van der Waals surface area contributed by atoms with E-state index in [9.17, 15) is 9.59 Å². The summed E-state index contributed by atoms with van der Waals surface area (Å²) in [7, 11) is 0. The van der Waals surface area contributed by atoms with Gasteiger partial charge in [0, 0.05) is 11.1 Å². The van der Waals surface area contributed by atoms with Gasteiger partial charge in [-0.15, -0.1) is 0 Å². The second kappa shape index (κ2) is 4.66. The molecule has 0 amide bonds. The molecule has 0 atom stereocenters. The van der Waals surface area contributed by atoms with E-state index in [1.165, 1.54) is 0 Å². The molecule has 0 aromatic heterocycles. The summed E-state index contributed by atoms with van der Waals surface area (Å²) in [5.41, 5.74) is 2.92. The molecule has 2 aromatic rings. The summed E-state index contributed by atoms with van der Waals surface area (Å²) in [6.07, 6.45) is 0.0966. The van der Waals surface area contributed by atoms with Crippen molar-refractivity contribution in [1.29, 1.82) is 0 Å². The van der Waals surface area contributed by atoms with Gasteiger partial charge in [-0.1, -0.05) is 30.8 Å². The average molecular weight is 266 g/mol. The van der Waals surface area contributed by atoms with E-state index >= 15 is 0 Å². The van der Waals surface area contributed by atoms with Crippen LogP contribution in [0.5, 0.6) is 5.75 Å². The van der Waals surface area contributed by atoms with Gasteiger partial charge in [0.25, 0.3) is 0 Å². The zero-order valence-corrected chi connectivity index (χ0v) is 10.5. The van der Waals surface area contributed by atoms with E-state index in [1.807, 2.05) is 18.2 Å². The Labute approximate surface area is 115 Å². The zero-order chi connectivity index (χ0) is 14.1. The van der Waals surface area contributed by atoms with E-state index in [-0.39, 0.29) is 11.5 Å². The number of rotatable bonds is 2. The second-order valence-corrected chi connectivity index (χ2v) is 4.22. The van der Waals surface area contributed by atoms with E-state index in [1.54, 1.807) is 24.3 Å². The number of carbonyl (C=O) groups excluding carboxylic acids is 2. The maximum absolute atomic E-state index is 12.3. The first kappa shape index (κ1) is 12.2. The van der Waals surface area contributed by atoms with Crippen LogP contribution in [0.2, 0.25) is 0 Å². The molecular formula is C16H10O4. The standard InChI is InChI=1S/C16H10O4/c1-2-19-16(18)20-10-7-8-12-11-5-3-4-6-13(11)15(17)14(12)9-10/h2-9H,1H2. The van der Waals surface area contributed by atoms with Gasteiger partial charge in [-0.3, -0.25) is 4.79 Å². The summed E-state index contributed by atoms with van der Waals surface area (Å²) in [4.78, 5) is 23.5. The molecule has 0 heterocycles. The van der Waals surface area contributed by atoms with E-state index in [2.05, 4.69) is 11.3 Å². The molecule has 0 spiro atoms. The van der Waals surface area contributed by atoms with Crippen LogP contribution in [0.15, 0.2) is 55.3 Å². The Bertz CT molecular complexity index is 731. The van der Waals surface area contributed by atoms with Crippen LogP contribution >= 0.6 is 0 Å². The van der Waals surface area contributed by atoms with Crippen molar-refractivity contribution < 1.29 is 19.1 Å². The first-order chi connectivity index (χ1) is 9.70. The number of fused-ring (bicyclic) bond motifs is 3. The summed E-state index contributed by atoms with van der Waals surface area (Å²) < 4.78 is 9.41. The van der Waals surface area contributed by atoms with Gasteiger partial charge in [0.05, 0.1) is 6.26 Å². The van der Waals surface area contributed by atoms with Gasteiger partial charge in [-0.25, -0.2) is 4.79 Å². The Morgan fingerprint density at radius 3 is 2.45 bits per heavy atom. The number of carbonyl (C=O) groups is 2. The fraction of sp³-hybridized carbons (Fsp3) is 0. The molecular weight excluding hydrogens is 256 g/mol. The number of benzene rings is 2. The summed E-state index contributed by atoms with van der Waals surface area (Å²) >= 11 is 0. The van der Waals surface area contributed by atoms with Gasteiger partial charge in [-0.2, -0.15) is 0 Å². The summed E-state index contributed by atoms with van der Waals surface area (Å²) in [5.74, 6) is 0.190. The smallest absolute Gasteiger partial charge is 0.403 e. The molecule has 2 aromatic carbocycles. The maximum atomic E-state index is 12.3. The van der Waals surface area contributed by atoms with Gasteiger partial charge in [0.2, 0.25) is 0 Å². The monoisotopic (exact) mass is 266 g/mol. The van der Waals surface area contributed by atoms with Crippen molar-refractivity contribution in [3.8, 4) is 16.9 Å². The fourth-order valence-electron chi connectivity index (χ4n) is 2.26. The van der Waals surface area contributed by atoms with Crippen LogP contribution in [0.25, 0.3) is 11.1 Å². The van der Waals surface area contributed by atoms with E-state index in [4.69, 9.17) is 4.74 Å². The van der Waals surface area contributed by atoms with E-state index < -0.39 is 6.16 Å². The maximum Gasteiger partial charge on any atom is 0.518 e. The third kappa shape index (κ3) is 1.87. The number of hydrogen-bond donors (Lipinski definition) is 0. The third-order valence-electron chi connectivity index (χ3n) is 3.08. The first-order valence-electron chi connectivity index (χ1n) is 5.98. The Morgan fingerprint density at radius 2 is 1.70 bits per heavy atom. The Morgan fingerprint density at radius 1 is 1.00 bits per heavy atom. The quantitative estimate of drug-likeness (QED) is 0.404. The number of ketones is 1. The van der Waals surface area contributed by atoms with Crippen molar-refractivity contribution in [2.75, 3.05) is 0 Å². The van der Waals surface area contributed by atoms with Crippen LogP contribution in [0.4, 0.5) is 4.79 Å². The lowest BCUT2D eigenvalue weighted by Crippen LogP contribution is -2.07. The predicted octanol–water partition coefficient (Wildman–Crippen LogP) is 3.56. The van der Waals surface area contributed by atoms with Crippen LogP contribution in [0, 0.1) is 0 Å². The SMILES string of the molecule is C=COC(=O)Oc1ccc2c(c1)C(=O)c1ccccc1-2. The molecule has 4 nitrogen and oxygen atoms in total. The molecule has 0 saturated carbocycles. The van der Waals surface area contributed by atoms with Gasteiger partial charge < -0.3 is 9.47 Å². The number of ether oxygens (including phenoxy) is 2. The molecule has 4 heteroatoms. The van der Waals surface area contributed by atoms with Gasteiger partial charge >= 0.3 is 6.16 Å². The Balaban J connectivity index is 1.98. The summed E-state index contributed by atoms with van der Waals surface area (Å²) in [6, 6.07) is 12.3. The van der Waals surface area contributed by atoms with Gasteiger partial charge in [-0.05, 0) is 29.3 Å². The molecule has 20 heavy (non-hydrogen) atoms. The van der Waals surface area contributed by atoms with Crippen molar-refractivity contribution in [3.05, 3.63) is 66.4 Å².